The molecule has 0 saturated heterocycles. The molecule has 0 radical (unpaired) electrons. The first-order chi connectivity index (χ1) is 9.56. The molecule has 0 aliphatic heterocycles. The highest BCUT2D eigenvalue weighted by Crippen LogP contribution is 2.36. The summed E-state index contributed by atoms with van der Waals surface area (Å²) in [6, 6.07) is 7.31. The Morgan fingerprint density at radius 2 is 2.10 bits per heavy atom. The van der Waals surface area contributed by atoms with Crippen LogP contribution in [0.25, 0.3) is 0 Å². The molecule has 0 bridgehead atoms. The zero-order chi connectivity index (χ0) is 14.7. The van der Waals surface area contributed by atoms with Gasteiger partial charge in [0.05, 0.1) is 11.6 Å². The Balaban J connectivity index is 2.23. The van der Waals surface area contributed by atoms with E-state index in [9.17, 15) is 0 Å². The Morgan fingerprint density at radius 1 is 1.40 bits per heavy atom. The summed E-state index contributed by atoms with van der Waals surface area (Å²) < 4.78 is 6.30. The van der Waals surface area contributed by atoms with Gasteiger partial charge in [0, 0.05) is 25.2 Å². The number of methoxy groups -OCH3 is 1. The monoisotopic (exact) mass is 340 g/mol. The molecule has 20 heavy (non-hydrogen) atoms. The number of nitrogens with two attached hydrogens (primary N) is 1. The maximum Gasteiger partial charge on any atom is 0.133 e. The van der Waals surface area contributed by atoms with Gasteiger partial charge in [0.2, 0.25) is 0 Å². The Kier molecular flexibility index (Phi) is 5.47. The summed E-state index contributed by atoms with van der Waals surface area (Å²) in [5.74, 6) is 1.53. The fourth-order valence-corrected chi connectivity index (χ4v) is 3.27. The van der Waals surface area contributed by atoms with Crippen LogP contribution in [0, 0.1) is 5.92 Å². The molecule has 1 aliphatic rings. The van der Waals surface area contributed by atoms with Gasteiger partial charge in [0.1, 0.15) is 5.75 Å². The van der Waals surface area contributed by atoms with Gasteiger partial charge >= 0.3 is 0 Å². The Labute approximate surface area is 130 Å². The third-order valence-corrected chi connectivity index (χ3v) is 4.40. The predicted octanol–water partition coefficient (Wildman–Crippen LogP) is 3.58. The molecule has 0 spiro atoms. The zero-order valence-electron chi connectivity index (χ0n) is 12.6. The lowest BCUT2D eigenvalue weighted by Gasteiger charge is -2.33. The van der Waals surface area contributed by atoms with Gasteiger partial charge in [-0.15, -0.1) is 0 Å². The third-order valence-electron chi connectivity index (χ3n) is 3.78. The van der Waals surface area contributed by atoms with Gasteiger partial charge in [0.15, 0.2) is 0 Å². The van der Waals surface area contributed by atoms with Crippen molar-refractivity contribution in [2.24, 2.45) is 11.7 Å². The van der Waals surface area contributed by atoms with Crippen molar-refractivity contribution < 1.29 is 4.74 Å². The number of ether oxygens (including phenoxy) is 1. The Morgan fingerprint density at radius 3 is 2.55 bits per heavy atom. The van der Waals surface area contributed by atoms with E-state index in [1.165, 1.54) is 18.4 Å². The van der Waals surface area contributed by atoms with Crippen LogP contribution in [0.4, 0.5) is 0 Å². The molecule has 1 fully saturated rings. The molecule has 1 aromatic rings. The van der Waals surface area contributed by atoms with Crippen molar-refractivity contribution in [3.05, 3.63) is 28.2 Å². The van der Waals surface area contributed by atoms with Gasteiger partial charge in [-0.25, -0.2) is 0 Å². The van der Waals surface area contributed by atoms with Crippen LogP contribution in [-0.2, 0) is 0 Å². The predicted molar refractivity (Wildman–Crippen MR) is 87.1 cm³/mol. The minimum absolute atomic E-state index is 0.298. The van der Waals surface area contributed by atoms with Crippen LogP contribution >= 0.6 is 15.9 Å². The third kappa shape index (κ3) is 3.74. The van der Waals surface area contributed by atoms with Crippen molar-refractivity contribution in [1.82, 2.24) is 4.90 Å². The highest BCUT2D eigenvalue weighted by atomic mass is 79.9. The van der Waals surface area contributed by atoms with E-state index < -0.39 is 0 Å². The van der Waals surface area contributed by atoms with Crippen molar-refractivity contribution in [3.63, 3.8) is 0 Å². The number of hydrogen-bond acceptors (Lipinski definition) is 3. The maximum absolute atomic E-state index is 6.08. The number of benzene rings is 1. The van der Waals surface area contributed by atoms with Crippen molar-refractivity contribution >= 4 is 15.9 Å². The Hall–Kier alpha value is -0.580. The van der Waals surface area contributed by atoms with Crippen LogP contribution in [0.1, 0.15) is 38.3 Å². The molecule has 1 unspecified atom stereocenters. The number of rotatable bonds is 7. The molecule has 3 nitrogen and oxygen atoms in total. The average Bonchev–Trinajstić information content (AvgIpc) is 3.22. The quantitative estimate of drug-likeness (QED) is 0.824. The van der Waals surface area contributed by atoms with Crippen LogP contribution in [-0.4, -0.2) is 31.1 Å². The van der Waals surface area contributed by atoms with E-state index in [1.807, 2.05) is 6.07 Å². The first kappa shape index (κ1) is 15.8. The van der Waals surface area contributed by atoms with Crippen LogP contribution in [0.2, 0.25) is 0 Å². The molecule has 0 aromatic heterocycles. The van der Waals surface area contributed by atoms with Crippen LogP contribution < -0.4 is 10.5 Å². The summed E-state index contributed by atoms with van der Waals surface area (Å²) in [6.07, 6.45) is 2.61. The van der Waals surface area contributed by atoms with Crippen LogP contribution in [0.5, 0.6) is 5.75 Å². The number of hydrogen-bond donors (Lipinski definition) is 1. The smallest absolute Gasteiger partial charge is 0.133 e. The molecule has 1 aromatic carbocycles. The van der Waals surface area contributed by atoms with Crippen LogP contribution in [0.15, 0.2) is 22.7 Å². The van der Waals surface area contributed by atoms with Crippen molar-refractivity contribution in [2.45, 2.75) is 38.8 Å². The molecular weight excluding hydrogens is 316 g/mol. The van der Waals surface area contributed by atoms with E-state index in [2.05, 4.69) is 46.8 Å². The molecule has 4 heteroatoms. The summed E-state index contributed by atoms with van der Waals surface area (Å²) in [5.41, 5.74) is 7.35. The summed E-state index contributed by atoms with van der Waals surface area (Å²) in [5, 5.41) is 0. The summed E-state index contributed by atoms with van der Waals surface area (Å²) in [7, 11) is 1.69. The van der Waals surface area contributed by atoms with Gasteiger partial charge in [-0.05, 0) is 52.4 Å². The van der Waals surface area contributed by atoms with E-state index in [-0.39, 0.29) is 0 Å². The van der Waals surface area contributed by atoms with Gasteiger partial charge in [0.25, 0.3) is 0 Å². The first-order valence-electron chi connectivity index (χ1n) is 7.36. The zero-order valence-corrected chi connectivity index (χ0v) is 14.2. The van der Waals surface area contributed by atoms with Crippen molar-refractivity contribution in [3.8, 4) is 5.75 Å². The Bertz CT molecular complexity index is 446. The van der Waals surface area contributed by atoms with E-state index in [4.69, 9.17) is 10.5 Å². The summed E-state index contributed by atoms with van der Waals surface area (Å²) in [4.78, 5) is 2.58. The standard InChI is InChI=1S/C16H25BrN2O/c1-11(2)10-19(13-5-6-13)15(9-18)12-4-7-16(20-3)14(17)8-12/h4,7-8,11,13,15H,5-6,9-10,18H2,1-3H3. The molecule has 2 N–H and O–H groups in total. The molecule has 1 atom stereocenters. The molecule has 0 amide bonds. The molecule has 2 rings (SSSR count). The van der Waals surface area contributed by atoms with Crippen molar-refractivity contribution in [1.29, 1.82) is 0 Å². The SMILES string of the molecule is COc1ccc(C(CN)N(CC(C)C)C2CC2)cc1Br. The normalized spacial score (nSPS) is 16.8. The molecule has 112 valence electrons. The van der Waals surface area contributed by atoms with Gasteiger partial charge in [-0.2, -0.15) is 0 Å². The second-order valence-corrected chi connectivity index (χ2v) is 6.82. The van der Waals surface area contributed by atoms with Crippen LogP contribution in [0.3, 0.4) is 0 Å². The lowest BCUT2D eigenvalue weighted by molar-refractivity contribution is 0.169. The van der Waals surface area contributed by atoms with E-state index >= 15 is 0 Å². The molecule has 0 heterocycles. The van der Waals surface area contributed by atoms with Crippen molar-refractivity contribution in [2.75, 3.05) is 20.2 Å². The average molecular weight is 341 g/mol. The van der Waals surface area contributed by atoms with E-state index in [0.717, 1.165) is 16.8 Å². The topological polar surface area (TPSA) is 38.5 Å². The molecule has 1 saturated carbocycles. The minimum atomic E-state index is 0.298. The second kappa shape index (κ2) is 6.92. The highest BCUT2D eigenvalue weighted by molar-refractivity contribution is 9.10. The number of nitrogens with zero attached hydrogens (tertiary/aromatic N) is 1. The molecule has 1 aliphatic carbocycles. The largest absolute Gasteiger partial charge is 0.496 e. The van der Waals surface area contributed by atoms with Gasteiger partial charge < -0.3 is 10.5 Å². The fraction of sp³-hybridized carbons (Fsp3) is 0.625. The lowest BCUT2D eigenvalue weighted by Crippen LogP contribution is -2.38. The molecular formula is C16H25BrN2O. The summed E-state index contributed by atoms with van der Waals surface area (Å²) in [6.45, 7) is 6.30. The first-order valence-corrected chi connectivity index (χ1v) is 8.15. The maximum atomic E-state index is 6.08. The van der Waals surface area contributed by atoms with Gasteiger partial charge in [-0.1, -0.05) is 19.9 Å². The number of halogens is 1. The highest BCUT2D eigenvalue weighted by Gasteiger charge is 2.34. The minimum Gasteiger partial charge on any atom is -0.496 e. The summed E-state index contributed by atoms with van der Waals surface area (Å²) >= 11 is 3.57. The fourth-order valence-electron chi connectivity index (χ4n) is 2.71. The second-order valence-electron chi connectivity index (χ2n) is 5.97. The van der Waals surface area contributed by atoms with Gasteiger partial charge in [-0.3, -0.25) is 4.90 Å². The van der Waals surface area contributed by atoms with E-state index in [0.29, 0.717) is 24.5 Å². The lowest BCUT2D eigenvalue weighted by atomic mass is 10.0. The van der Waals surface area contributed by atoms with E-state index in [1.54, 1.807) is 7.11 Å².